The molecule has 2 aromatic rings. The number of aromatic nitrogens is 1. The van der Waals surface area contributed by atoms with Gasteiger partial charge in [0.25, 0.3) is 11.5 Å². The number of hydrogen-bond acceptors (Lipinski definition) is 6. The van der Waals surface area contributed by atoms with Crippen molar-refractivity contribution in [2.24, 2.45) is 0 Å². The molecule has 0 aliphatic carbocycles. The molecular weight excluding hydrogens is 422 g/mol. The van der Waals surface area contributed by atoms with Crippen LogP contribution in [0.2, 0.25) is 0 Å². The average Bonchev–Trinajstić information content (AvgIpc) is 3.43. The Morgan fingerprint density at radius 3 is 2.81 bits per heavy atom. The summed E-state index contributed by atoms with van der Waals surface area (Å²) in [5.74, 6) is 1.72. The summed E-state index contributed by atoms with van der Waals surface area (Å²) in [6.07, 6.45) is 10.4. The molecule has 0 saturated carbocycles. The molecule has 2 heterocycles. The molecule has 1 aliphatic heterocycles. The summed E-state index contributed by atoms with van der Waals surface area (Å²) in [5.41, 5.74) is 1.76. The van der Waals surface area contributed by atoms with Gasteiger partial charge in [0.05, 0.1) is 6.54 Å². The zero-order chi connectivity index (χ0) is 22.9. The maximum atomic E-state index is 12.8. The number of thiazole rings is 1. The minimum atomic E-state index is -0.584. The second-order valence-corrected chi connectivity index (χ2v) is 8.51. The molecule has 32 heavy (non-hydrogen) atoms. The molecule has 0 radical (unpaired) electrons. The molecule has 0 spiro atoms. The van der Waals surface area contributed by atoms with Crippen LogP contribution in [0.4, 0.5) is 5.69 Å². The fourth-order valence-electron chi connectivity index (χ4n) is 3.67. The van der Waals surface area contributed by atoms with Gasteiger partial charge in [0.15, 0.2) is 5.57 Å². The van der Waals surface area contributed by atoms with Gasteiger partial charge < -0.3 is 15.5 Å². The Kier molecular flexibility index (Phi) is 8.27. The van der Waals surface area contributed by atoms with Crippen LogP contribution in [-0.4, -0.2) is 41.6 Å². The van der Waals surface area contributed by atoms with E-state index >= 15 is 0 Å². The number of nitriles is 1. The van der Waals surface area contributed by atoms with Crippen molar-refractivity contribution < 1.29 is 4.79 Å². The summed E-state index contributed by atoms with van der Waals surface area (Å²) >= 11 is 1.11. The van der Waals surface area contributed by atoms with Gasteiger partial charge in [-0.05, 0) is 57.0 Å². The van der Waals surface area contributed by atoms with Crippen LogP contribution in [0.15, 0.2) is 29.1 Å². The highest BCUT2D eigenvalue weighted by Crippen LogP contribution is 2.13. The Hall–Kier alpha value is -3.33. The maximum Gasteiger partial charge on any atom is 0.270 e. The van der Waals surface area contributed by atoms with E-state index < -0.39 is 5.91 Å². The molecule has 1 amide bonds. The number of anilines is 1. The van der Waals surface area contributed by atoms with E-state index in [0.717, 1.165) is 30.0 Å². The lowest BCUT2D eigenvalue weighted by Gasteiger charge is -2.14. The van der Waals surface area contributed by atoms with Gasteiger partial charge >= 0.3 is 0 Å². The molecule has 1 aromatic heterocycles. The molecule has 8 heteroatoms. The first kappa shape index (κ1) is 23.3. The zero-order valence-corrected chi connectivity index (χ0v) is 19.0. The van der Waals surface area contributed by atoms with Crippen molar-refractivity contribution in [3.8, 4) is 18.4 Å². The van der Waals surface area contributed by atoms with E-state index in [4.69, 9.17) is 6.42 Å². The van der Waals surface area contributed by atoms with E-state index in [-0.39, 0.29) is 17.7 Å². The van der Waals surface area contributed by atoms with Crippen molar-refractivity contribution in [2.45, 2.75) is 32.7 Å². The highest BCUT2D eigenvalue weighted by atomic mass is 32.1. The van der Waals surface area contributed by atoms with Gasteiger partial charge in [-0.15, -0.1) is 17.8 Å². The molecule has 2 N–H and O–H groups in total. The van der Waals surface area contributed by atoms with Gasteiger partial charge in [0.1, 0.15) is 15.3 Å². The highest BCUT2D eigenvalue weighted by Gasteiger charge is 2.15. The quantitative estimate of drug-likeness (QED) is 0.583. The summed E-state index contributed by atoms with van der Waals surface area (Å²) in [6, 6.07) is 10.0. The standard InChI is InChI=1S/C24H27N5O2S/c1-3-11-26-22(30)20(16-25)24-29(4-2)23(31)21(32-24)17-27-19-9-7-8-18(15-19)10-14-28-12-5-6-13-28/h1,7-9,15,17,27H,4-6,10-14H2,2H3,(H,26,30)/b21-17+,24-20-. The molecule has 1 aliphatic rings. The Morgan fingerprint density at radius 1 is 1.34 bits per heavy atom. The number of nitrogens with one attached hydrogen (secondary N) is 2. The predicted molar refractivity (Wildman–Crippen MR) is 128 cm³/mol. The van der Waals surface area contributed by atoms with E-state index in [1.165, 1.54) is 36.1 Å². The van der Waals surface area contributed by atoms with Crippen molar-refractivity contribution in [3.63, 3.8) is 0 Å². The number of nitrogens with zero attached hydrogens (tertiary/aromatic N) is 3. The van der Waals surface area contributed by atoms with Crippen molar-refractivity contribution >= 4 is 34.7 Å². The van der Waals surface area contributed by atoms with Crippen LogP contribution in [0.5, 0.6) is 0 Å². The third-order valence-electron chi connectivity index (χ3n) is 5.34. The number of hydrogen-bond donors (Lipinski definition) is 2. The molecule has 1 fully saturated rings. The number of likely N-dealkylation sites (tertiary alicyclic amines) is 1. The molecular formula is C24H27N5O2S. The minimum absolute atomic E-state index is 0.0143. The van der Waals surface area contributed by atoms with E-state index in [9.17, 15) is 14.9 Å². The Balaban J connectivity index is 1.85. The fraction of sp³-hybridized carbons (Fsp3) is 0.375. The molecule has 0 atom stereocenters. The van der Waals surface area contributed by atoms with Crippen LogP contribution < -0.4 is 25.4 Å². The van der Waals surface area contributed by atoms with Gasteiger partial charge in [0, 0.05) is 25.0 Å². The van der Waals surface area contributed by atoms with Crippen molar-refractivity contribution in [1.82, 2.24) is 14.8 Å². The Labute approximate surface area is 191 Å². The van der Waals surface area contributed by atoms with Crippen LogP contribution in [-0.2, 0) is 17.8 Å². The number of carbonyl (C=O) groups excluding carboxylic acids is 1. The lowest BCUT2D eigenvalue weighted by Crippen LogP contribution is -2.34. The van der Waals surface area contributed by atoms with Crippen LogP contribution in [0.3, 0.4) is 0 Å². The Bertz CT molecular complexity index is 1220. The molecule has 0 bridgehead atoms. The Morgan fingerprint density at radius 2 is 2.12 bits per heavy atom. The van der Waals surface area contributed by atoms with Gasteiger partial charge in [-0.25, -0.2) is 0 Å². The summed E-state index contributed by atoms with van der Waals surface area (Å²) in [6.45, 7) is 5.57. The predicted octanol–water partition coefficient (Wildman–Crippen LogP) is 0.842. The highest BCUT2D eigenvalue weighted by molar-refractivity contribution is 7.07. The topological polar surface area (TPSA) is 90.2 Å². The minimum Gasteiger partial charge on any atom is -0.360 e. The first-order chi connectivity index (χ1) is 15.6. The van der Waals surface area contributed by atoms with Crippen LogP contribution in [0.25, 0.3) is 11.8 Å². The van der Waals surface area contributed by atoms with Crippen molar-refractivity contribution in [3.05, 3.63) is 49.4 Å². The second-order valence-electron chi connectivity index (χ2n) is 7.48. The van der Waals surface area contributed by atoms with E-state index in [1.54, 1.807) is 13.1 Å². The number of carbonyl (C=O) groups is 1. The lowest BCUT2D eigenvalue weighted by molar-refractivity contribution is -0.115. The van der Waals surface area contributed by atoms with Gasteiger partial charge in [-0.1, -0.05) is 18.1 Å². The number of benzene rings is 1. The number of terminal acetylenes is 1. The summed E-state index contributed by atoms with van der Waals surface area (Å²) in [7, 11) is 0. The van der Waals surface area contributed by atoms with E-state index in [1.807, 2.05) is 18.2 Å². The smallest absolute Gasteiger partial charge is 0.270 e. The summed E-state index contributed by atoms with van der Waals surface area (Å²) in [4.78, 5) is 27.6. The van der Waals surface area contributed by atoms with Crippen LogP contribution in [0, 0.1) is 23.7 Å². The monoisotopic (exact) mass is 449 g/mol. The van der Waals surface area contributed by atoms with E-state index in [2.05, 4.69) is 33.6 Å². The summed E-state index contributed by atoms with van der Waals surface area (Å²) in [5, 5.41) is 15.2. The number of rotatable bonds is 8. The maximum absolute atomic E-state index is 12.8. The molecule has 7 nitrogen and oxygen atoms in total. The molecule has 3 rings (SSSR count). The third kappa shape index (κ3) is 5.67. The second kappa shape index (κ2) is 11.3. The molecule has 1 saturated heterocycles. The third-order valence-corrected chi connectivity index (χ3v) is 6.47. The van der Waals surface area contributed by atoms with Crippen LogP contribution >= 0.6 is 11.3 Å². The van der Waals surface area contributed by atoms with Gasteiger partial charge in [0.2, 0.25) is 0 Å². The average molecular weight is 450 g/mol. The van der Waals surface area contributed by atoms with Crippen LogP contribution in [0.1, 0.15) is 25.3 Å². The van der Waals surface area contributed by atoms with Crippen molar-refractivity contribution in [1.29, 1.82) is 5.26 Å². The lowest BCUT2D eigenvalue weighted by atomic mass is 10.1. The van der Waals surface area contributed by atoms with Crippen molar-refractivity contribution in [2.75, 3.05) is 31.5 Å². The van der Waals surface area contributed by atoms with Gasteiger partial charge in [-0.2, -0.15) is 5.26 Å². The molecule has 1 aromatic carbocycles. The number of amides is 1. The largest absolute Gasteiger partial charge is 0.360 e. The molecule has 0 unspecified atom stereocenters. The fourth-order valence-corrected chi connectivity index (χ4v) is 4.75. The zero-order valence-electron chi connectivity index (χ0n) is 18.2. The first-order valence-electron chi connectivity index (χ1n) is 10.7. The summed E-state index contributed by atoms with van der Waals surface area (Å²) < 4.78 is 2.17. The van der Waals surface area contributed by atoms with E-state index in [0.29, 0.717) is 15.7 Å². The normalized spacial score (nSPS) is 15.2. The van der Waals surface area contributed by atoms with Gasteiger partial charge in [-0.3, -0.25) is 14.2 Å². The SMILES string of the molecule is C#CCNC(=O)/C(C#N)=c1\s/c(=C/Nc2cccc(CCN3CCCC3)c2)c(=O)n1CC. The molecule has 166 valence electrons. The first-order valence-corrected chi connectivity index (χ1v) is 11.5.